The van der Waals surface area contributed by atoms with Gasteiger partial charge in [0.2, 0.25) is 0 Å². The lowest BCUT2D eigenvalue weighted by molar-refractivity contribution is -0.0240. The average molecular weight is 326 g/mol. The molecule has 1 atom stereocenters. The Morgan fingerprint density at radius 2 is 2.00 bits per heavy atom. The molecule has 2 saturated heterocycles. The Morgan fingerprint density at radius 1 is 1.26 bits per heavy atom. The number of nitrogens with one attached hydrogen (secondary N) is 1. The lowest BCUT2D eigenvalue weighted by Gasteiger charge is -2.32. The quantitative estimate of drug-likeness (QED) is 0.926. The van der Waals surface area contributed by atoms with Crippen LogP contribution in [0.1, 0.15) is 24.8 Å². The first-order valence-electron chi connectivity index (χ1n) is 6.97. The monoisotopic (exact) mass is 325 g/mol. The molecule has 0 aromatic heterocycles. The van der Waals surface area contributed by atoms with Crippen LogP contribution >= 0.6 is 15.9 Å². The van der Waals surface area contributed by atoms with Crippen LogP contribution in [0.15, 0.2) is 28.7 Å². The van der Waals surface area contributed by atoms with E-state index < -0.39 is 0 Å². The molecule has 0 radical (unpaired) electrons. The molecule has 4 heteroatoms. The first kappa shape index (κ1) is 13.6. The van der Waals surface area contributed by atoms with Crippen molar-refractivity contribution >= 4 is 15.9 Å². The van der Waals surface area contributed by atoms with Crippen molar-refractivity contribution in [2.75, 3.05) is 19.7 Å². The minimum atomic E-state index is 0.0929. The summed E-state index contributed by atoms with van der Waals surface area (Å²) in [5.41, 5.74) is 1.31. The van der Waals surface area contributed by atoms with Crippen molar-refractivity contribution in [3.05, 3.63) is 34.3 Å². The summed E-state index contributed by atoms with van der Waals surface area (Å²) in [6.07, 6.45) is 3.53. The zero-order valence-corrected chi connectivity index (χ0v) is 12.6. The fourth-order valence-corrected chi connectivity index (χ4v) is 3.20. The Kier molecular flexibility index (Phi) is 4.22. The van der Waals surface area contributed by atoms with Gasteiger partial charge in [0.25, 0.3) is 0 Å². The van der Waals surface area contributed by atoms with Crippen LogP contribution < -0.4 is 5.32 Å². The van der Waals surface area contributed by atoms with E-state index in [1.807, 2.05) is 0 Å². The molecule has 1 unspecified atom stereocenters. The van der Waals surface area contributed by atoms with Crippen molar-refractivity contribution in [2.45, 2.75) is 37.6 Å². The highest BCUT2D eigenvalue weighted by Crippen LogP contribution is 2.35. The van der Waals surface area contributed by atoms with Crippen LogP contribution in [-0.2, 0) is 16.1 Å². The second-order valence-corrected chi connectivity index (χ2v) is 6.42. The third-order valence-corrected chi connectivity index (χ3v) is 4.62. The molecule has 1 N–H and O–H groups in total. The highest BCUT2D eigenvalue weighted by molar-refractivity contribution is 9.10. The molecule has 0 saturated carbocycles. The van der Waals surface area contributed by atoms with Crippen LogP contribution in [0.4, 0.5) is 0 Å². The van der Waals surface area contributed by atoms with Gasteiger partial charge in [-0.05, 0) is 43.6 Å². The van der Waals surface area contributed by atoms with Gasteiger partial charge in [0, 0.05) is 10.9 Å². The second-order valence-electron chi connectivity index (χ2n) is 5.51. The van der Waals surface area contributed by atoms with Crippen LogP contribution in [0.25, 0.3) is 0 Å². The molecule has 1 aromatic carbocycles. The van der Waals surface area contributed by atoms with E-state index >= 15 is 0 Å². The highest BCUT2D eigenvalue weighted by Gasteiger charge is 2.41. The maximum Gasteiger partial charge on any atom is 0.0840 e. The molecule has 3 nitrogen and oxygen atoms in total. The second kappa shape index (κ2) is 5.92. The lowest BCUT2D eigenvalue weighted by atomic mass is 9.89. The highest BCUT2D eigenvalue weighted by atomic mass is 79.9. The van der Waals surface area contributed by atoms with E-state index in [-0.39, 0.29) is 11.7 Å². The zero-order chi connectivity index (χ0) is 13.1. The summed E-state index contributed by atoms with van der Waals surface area (Å²) < 4.78 is 13.1. The number of benzene rings is 1. The van der Waals surface area contributed by atoms with E-state index in [0.29, 0.717) is 6.61 Å². The summed E-state index contributed by atoms with van der Waals surface area (Å²) in [6.45, 7) is 3.56. The molecule has 2 aliphatic heterocycles. The molecular weight excluding hydrogens is 306 g/mol. The Morgan fingerprint density at radius 3 is 2.74 bits per heavy atom. The van der Waals surface area contributed by atoms with Gasteiger partial charge < -0.3 is 14.8 Å². The van der Waals surface area contributed by atoms with Crippen molar-refractivity contribution in [1.29, 1.82) is 0 Å². The van der Waals surface area contributed by atoms with Gasteiger partial charge in [0.05, 0.1) is 24.9 Å². The zero-order valence-electron chi connectivity index (χ0n) is 11.0. The third-order valence-electron chi connectivity index (χ3n) is 4.09. The molecule has 1 spiro atoms. The van der Waals surface area contributed by atoms with Gasteiger partial charge in [0.15, 0.2) is 0 Å². The third kappa shape index (κ3) is 3.37. The molecule has 3 rings (SSSR count). The van der Waals surface area contributed by atoms with Gasteiger partial charge in [0.1, 0.15) is 0 Å². The molecule has 2 heterocycles. The first-order chi connectivity index (χ1) is 9.26. The van der Waals surface area contributed by atoms with Crippen LogP contribution in [0.5, 0.6) is 0 Å². The fourth-order valence-electron chi connectivity index (χ4n) is 2.94. The molecule has 104 valence electrons. The lowest BCUT2D eigenvalue weighted by Crippen LogP contribution is -2.41. The van der Waals surface area contributed by atoms with Gasteiger partial charge in [-0.15, -0.1) is 0 Å². The van der Waals surface area contributed by atoms with Crippen molar-refractivity contribution in [2.24, 2.45) is 0 Å². The molecule has 19 heavy (non-hydrogen) atoms. The topological polar surface area (TPSA) is 30.5 Å². The molecule has 0 bridgehead atoms. The Bertz CT molecular complexity index is 415. The summed E-state index contributed by atoms with van der Waals surface area (Å²) in [6, 6.07) is 8.30. The summed E-state index contributed by atoms with van der Waals surface area (Å²) in [7, 11) is 0. The van der Waals surface area contributed by atoms with Gasteiger partial charge in [-0.2, -0.15) is 0 Å². The van der Waals surface area contributed by atoms with E-state index in [2.05, 4.69) is 45.5 Å². The number of halogens is 1. The normalized spacial score (nSPS) is 25.8. The first-order valence-corrected chi connectivity index (χ1v) is 7.76. The van der Waals surface area contributed by atoms with Gasteiger partial charge in [-0.3, -0.25) is 0 Å². The van der Waals surface area contributed by atoms with Crippen molar-refractivity contribution in [3.8, 4) is 0 Å². The maximum atomic E-state index is 6.03. The summed E-state index contributed by atoms with van der Waals surface area (Å²) in [4.78, 5) is 0. The van der Waals surface area contributed by atoms with Gasteiger partial charge >= 0.3 is 0 Å². The summed E-state index contributed by atoms with van der Waals surface area (Å²) >= 11 is 3.44. The molecule has 2 fully saturated rings. The van der Waals surface area contributed by atoms with Crippen molar-refractivity contribution in [3.63, 3.8) is 0 Å². The number of rotatable bonds is 3. The van der Waals surface area contributed by atoms with Crippen LogP contribution in [0, 0.1) is 0 Å². The molecular formula is C15H20BrNO2. The molecule has 0 aliphatic carbocycles. The van der Waals surface area contributed by atoms with E-state index in [0.717, 1.165) is 43.4 Å². The van der Waals surface area contributed by atoms with Crippen molar-refractivity contribution in [1.82, 2.24) is 5.32 Å². The summed E-state index contributed by atoms with van der Waals surface area (Å²) in [5.74, 6) is 0. The smallest absolute Gasteiger partial charge is 0.0840 e. The fraction of sp³-hybridized carbons (Fsp3) is 0.600. The van der Waals surface area contributed by atoms with E-state index in [1.54, 1.807) is 0 Å². The Balaban J connectivity index is 1.50. The SMILES string of the molecule is Brc1ccc(COC2COC3(CCNCC3)C2)cc1. The average Bonchev–Trinajstić information content (AvgIpc) is 2.82. The van der Waals surface area contributed by atoms with E-state index in [4.69, 9.17) is 9.47 Å². The number of piperidine rings is 1. The standard InChI is InChI=1S/C15H20BrNO2/c16-13-3-1-12(2-4-13)10-18-14-9-15(19-11-14)5-7-17-8-6-15/h1-4,14,17H,5-11H2. The minimum absolute atomic E-state index is 0.0929. The minimum Gasteiger partial charge on any atom is -0.372 e. The maximum absolute atomic E-state index is 6.03. The molecule has 0 amide bonds. The number of hydrogen-bond donors (Lipinski definition) is 1. The van der Waals surface area contributed by atoms with Crippen LogP contribution in [0.3, 0.4) is 0 Å². The van der Waals surface area contributed by atoms with E-state index in [1.165, 1.54) is 5.56 Å². The van der Waals surface area contributed by atoms with Gasteiger partial charge in [-0.1, -0.05) is 28.1 Å². The molecule has 2 aliphatic rings. The van der Waals surface area contributed by atoms with E-state index in [9.17, 15) is 0 Å². The Labute approximate surface area is 122 Å². The predicted molar refractivity (Wildman–Crippen MR) is 78.1 cm³/mol. The van der Waals surface area contributed by atoms with Gasteiger partial charge in [-0.25, -0.2) is 0 Å². The molecule has 1 aromatic rings. The van der Waals surface area contributed by atoms with Crippen LogP contribution in [-0.4, -0.2) is 31.4 Å². The largest absolute Gasteiger partial charge is 0.372 e. The van der Waals surface area contributed by atoms with Crippen molar-refractivity contribution < 1.29 is 9.47 Å². The summed E-state index contributed by atoms with van der Waals surface area (Å²) in [5, 5.41) is 3.39. The Hall–Kier alpha value is -0.420. The number of ether oxygens (including phenoxy) is 2. The predicted octanol–water partition coefficient (Wildman–Crippen LogP) is 2.88. The number of hydrogen-bond acceptors (Lipinski definition) is 3. The van der Waals surface area contributed by atoms with Crippen LogP contribution in [0.2, 0.25) is 0 Å².